The summed E-state index contributed by atoms with van der Waals surface area (Å²) in [7, 11) is 0. The van der Waals surface area contributed by atoms with Crippen molar-refractivity contribution in [2.75, 3.05) is 0 Å². The predicted molar refractivity (Wildman–Crippen MR) is 128 cm³/mol. The fourth-order valence-corrected chi connectivity index (χ4v) is 3.48. The Balaban J connectivity index is 0.000000135. The average molecular weight is 418 g/mol. The summed E-state index contributed by atoms with van der Waals surface area (Å²) in [5.74, 6) is 1.36. The van der Waals surface area contributed by atoms with Gasteiger partial charge in [-0.1, -0.05) is 48.5 Å². The van der Waals surface area contributed by atoms with Crippen LogP contribution in [0.3, 0.4) is 0 Å². The van der Waals surface area contributed by atoms with E-state index in [1.165, 1.54) is 11.1 Å². The number of oxazole rings is 2. The van der Waals surface area contributed by atoms with Crippen LogP contribution in [-0.4, -0.2) is 9.97 Å². The third kappa shape index (κ3) is 4.16. The fraction of sp³-hybridized carbons (Fsp3) is 0.0714. The van der Waals surface area contributed by atoms with Crippen LogP contribution in [0.1, 0.15) is 11.1 Å². The van der Waals surface area contributed by atoms with Crippen LogP contribution < -0.4 is 0 Å². The lowest BCUT2D eigenvalue weighted by Gasteiger charge is -1.91. The number of rotatable bonds is 2. The minimum absolute atomic E-state index is 0.682. The molecule has 0 atom stereocenters. The Morgan fingerprint density at radius 3 is 1.69 bits per heavy atom. The van der Waals surface area contributed by atoms with E-state index in [2.05, 4.69) is 16.9 Å². The molecule has 0 aliphatic rings. The zero-order valence-electron chi connectivity index (χ0n) is 17.9. The fourth-order valence-electron chi connectivity index (χ4n) is 3.48. The summed E-state index contributed by atoms with van der Waals surface area (Å²) in [5.41, 5.74) is 7.91. The van der Waals surface area contributed by atoms with E-state index in [0.717, 1.165) is 33.3 Å². The Morgan fingerprint density at radius 1 is 0.500 bits per heavy atom. The van der Waals surface area contributed by atoms with Crippen molar-refractivity contribution in [2.24, 2.45) is 0 Å². The highest BCUT2D eigenvalue weighted by Crippen LogP contribution is 2.25. The van der Waals surface area contributed by atoms with E-state index in [4.69, 9.17) is 8.83 Å². The van der Waals surface area contributed by atoms with E-state index in [9.17, 15) is 0 Å². The van der Waals surface area contributed by atoms with Crippen molar-refractivity contribution in [3.63, 3.8) is 0 Å². The second-order valence-electron chi connectivity index (χ2n) is 7.71. The van der Waals surface area contributed by atoms with Crippen molar-refractivity contribution >= 4 is 22.2 Å². The number of hydrogen-bond acceptors (Lipinski definition) is 4. The Kier molecular flexibility index (Phi) is 5.26. The highest BCUT2D eigenvalue weighted by molar-refractivity contribution is 5.77. The molecular formula is C28H22N2O2. The van der Waals surface area contributed by atoms with Gasteiger partial charge in [0, 0.05) is 11.1 Å². The first kappa shape index (κ1) is 19.8. The molecule has 2 heterocycles. The molecule has 0 unspecified atom stereocenters. The zero-order valence-corrected chi connectivity index (χ0v) is 17.9. The van der Waals surface area contributed by atoms with E-state index < -0.39 is 0 Å². The van der Waals surface area contributed by atoms with E-state index in [-0.39, 0.29) is 0 Å². The minimum atomic E-state index is 0.682. The van der Waals surface area contributed by atoms with E-state index in [1.807, 2.05) is 104 Å². The standard InChI is InChI=1S/2C14H11NO/c1-10-7-8-13-12(9-10)15-14(16-13)11-5-3-2-4-6-11;1-10-7-8-12-13(9-10)16-14(15-12)11-5-3-2-4-6-11/h2*2-9H,1H3. The molecule has 4 aromatic carbocycles. The molecule has 0 amide bonds. The lowest BCUT2D eigenvalue weighted by atomic mass is 10.2. The molecule has 156 valence electrons. The van der Waals surface area contributed by atoms with Crippen molar-refractivity contribution in [3.8, 4) is 22.9 Å². The van der Waals surface area contributed by atoms with Crippen molar-refractivity contribution in [1.29, 1.82) is 0 Å². The monoisotopic (exact) mass is 418 g/mol. The van der Waals surface area contributed by atoms with Gasteiger partial charge in [0.25, 0.3) is 0 Å². The number of aromatic nitrogens is 2. The molecule has 0 radical (unpaired) electrons. The molecule has 0 N–H and O–H groups in total. The van der Waals surface area contributed by atoms with Crippen molar-refractivity contribution < 1.29 is 8.83 Å². The maximum atomic E-state index is 5.72. The van der Waals surface area contributed by atoms with Gasteiger partial charge in [-0.3, -0.25) is 0 Å². The van der Waals surface area contributed by atoms with Crippen LogP contribution >= 0.6 is 0 Å². The van der Waals surface area contributed by atoms with Gasteiger partial charge in [-0.05, 0) is 73.5 Å². The molecule has 0 spiro atoms. The molecule has 6 aromatic rings. The molecule has 32 heavy (non-hydrogen) atoms. The minimum Gasteiger partial charge on any atom is -0.436 e. The molecule has 0 bridgehead atoms. The molecule has 4 heteroatoms. The first-order chi connectivity index (χ1) is 15.7. The van der Waals surface area contributed by atoms with Crippen molar-refractivity contribution in [3.05, 3.63) is 108 Å². The number of nitrogens with zero attached hydrogens (tertiary/aromatic N) is 2. The number of hydrogen-bond donors (Lipinski definition) is 0. The van der Waals surface area contributed by atoms with Crippen LogP contribution in [0.15, 0.2) is 106 Å². The van der Waals surface area contributed by atoms with Gasteiger partial charge in [-0.2, -0.15) is 0 Å². The van der Waals surface area contributed by atoms with Gasteiger partial charge in [0.15, 0.2) is 11.2 Å². The predicted octanol–water partition coefficient (Wildman–Crippen LogP) is 7.61. The molecular weight excluding hydrogens is 396 g/mol. The van der Waals surface area contributed by atoms with Crippen LogP contribution in [0.5, 0.6) is 0 Å². The molecule has 0 aliphatic heterocycles. The quantitative estimate of drug-likeness (QED) is 0.290. The number of aryl methyl sites for hydroxylation is 2. The lowest BCUT2D eigenvalue weighted by molar-refractivity contribution is 0.619. The summed E-state index contributed by atoms with van der Waals surface area (Å²) in [6, 6.07) is 31.9. The van der Waals surface area contributed by atoms with Crippen molar-refractivity contribution in [1.82, 2.24) is 9.97 Å². The summed E-state index contributed by atoms with van der Waals surface area (Å²) in [6.45, 7) is 4.10. The molecule has 2 aromatic heterocycles. The van der Waals surface area contributed by atoms with Crippen LogP contribution in [0.4, 0.5) is 0 Å². The maximum Gasteiger partial charge on any atom is 0.227 e. The van der Waals surface area contributed by atoms with Gasteiger partial charge in [0.1, 0.15) is 11.0 Å². The number of benzene rings is 4. The molecule has 0 saturated heterocycles. The van der Waals surface area contributed by atoms with Crippen molar-refractivity contribution in [2.45, 2.75) is 13.8 Å². The molecule has 0 aliphatic carbocycles. The summed E-state index contributed by atoms with van der Waals surface area (Å²) in [5, 5.41) is 0. The van der Waals surface area contributed by atoms with Gasteiger partial charge >= 0.3 is 0 Å². The van der Waals surface area contributed by atoms with Crippen LogP contribution in [0, 0.1) is 13.8 Å². The second-order valence-corrected chi connectivity index (χ2v) is 7.71. The number of fused-ring (bicyclic) bond motifs is 2. The largest absolute Gasteiger partial charge is 0.436 e. The SMILES string of the molecule is Cc1ccc2nc(-c3ccccc3)oc2c1.Cc1ccc2oc(-c3ccccc3)nc2c1. The highest BCUT2D eigenvalue weighted by atomic mass is 16.4. The molecule has 0 saturated carbocycles. The van der Waals surface area contributed by atoms with Crippen LogP contribution in [-0.2, 0) is 0 Å². The van der Waals surface area contributed by atoms with Gasteiger partial charge in [0.05, 0.1) is 0 Å². The topological polar surface area (TPSA) is 52.1 Å². The summed E-state index contributed by atoms with van der Waals surface area (Å²) in [6.07, 6.45) is 0. The third-order valence-electron chi connectivity index (χ3n) is 5.13. The zero-order chi connectivity index (χ0) is 21.9. The molecule has 0 fully saturated rings. The van der Waals surface area contributed by atoms with Gasteiger partial charge in [-0.15, -0.1) is 0 Å². The summed E-state index contributed by atoms with van der Waals surface area (Å²) < 4.78 is 11.4. The Bertz CT molecular complexity index is 1370. The Hall–Kier alpha value is -4.18. The first-order valence-electron chi connectivity index (χ1n) is 10.5. The third-order valence-corrected chi connectivity index (χ3v) is 5.13. The Labute approximate surface area is 186 Å². The molecule has 4 nitrogen and oxygen atoms in total. The summed E-state index contributed by atoms with van der Waals surface area (Å²) in [4.78, 5) is 8.93. The summed E-state index contributed by atoms with van der Waals surface area (Å²) >= 11 is 0. The normalized spacial score (nSPS) is 10.8. The average Bonchev–Trinajstić information content (AvgIpc) is 3.44. The smallest absolute Gasteiger partial charge is 0.227 e. The maximum absolute atomic E-state index is 5.72. The van der Waals surface area contributed by atoms with Gasteiger partial charge < -0.3 is 8.83 Å². The Morgan fingerprint density at radius 2 is 1.03 bits per heavy atom. The van der Waals surface area contributed by atoms with Gasteiger partial charge in [-0.25, -0.2) is 9.97 Å². The lowest BCUT2D eigenvalue weighted by Crippen LogP contribution is -1.75. The van der Waals surface area contributed by atoms with Crippen LogP contribution in [0.25, 0.3) is 45.1 Å². The van der Waals surface area contributed by atoms with E-state index >= 15 is 0 Å². The highest BCUT2D eigenvalue weighted by Gasteiger charge is 2.08. The van der Waals surface area contributed by atoms with E-state index in [1.54, 1.807) is 0 Å². The molecule has 6 rings (SSSR count). The van der Waals surface area contributed by atoms with Gasteiger partial charge in [0.2, 0.25) is 11.8 Å². The first-order valence-corrected chi connectivity index (χ1v) is 10.5. The van der Waals surface area contributed by atoms with E-state index in [0.29, 0.717) is 11.8 Å². The van der Waals surface area contributed by atoms with Crippen LogP contribution in [0.2, 0.25) is 0 Å². The second kappa shape index (κ2) is 8.52.